The second-order valence-electron chi connectivity index (χ2n) is 5.99. The van der Waals surface area contributed by atoms with Gasteiger partial charge in [-0.1, -0.05) is 42.5 Å². The van der Waals surface area contributed by atoms with E-state index in [1.54, 1.807) is 24.3 Å². The van der Waals surface area contributed by atoms with E-state index in [9.17, 15) is 4.79 Å². The maximum atomic E-state index is 13.0. The average Bonchev–Trinajstić information content (AvgIpc) is 3.42. The number of nitrogens with one attached hydrogen (secondary N) is 1. The molecule has 0 atom stereocenters. The van der Waals surface area contributed by atoms with Gasteiger partial charge in [0, 0.05) is 12.1 Å². The molecule has 0 spiro atoms. The number of aromatic nitrogens is 3. The lowest BCUT2D eigenvalue weighted by Gasteiger charge is -2.07. The molecule has 6 nitrogen and oxygen atoms in total. The third-order valence-corrected chi connectivity index (χ3v) is 4.94. The third kappa shape index (κ3) is 3.68. The molecule has 4 aromatic rings. The van der Waals surface area contributed by atoms with Crippen molar-refractivity contribution in [1.82, 2.24) is 14.8 Å². The van der Waals surface area contributed by atoms with Gasteiger partial charge in [-0.25, -0.2) is 0 Å². The van der Waals surface area contributed by atoms with Gasteiger partial charge in [-0.3, -0.25) is 4.79 Å². The molecule has 0 amide bonds. The molecule has 2 heterocycles. The van der Waals surface area contributed by atoms with Gasteiger partial charge in [-0.2, -0.15) is 14.9 Å². The molecule has 0 aliphatic rings. The summed E-state index contributed by atoms with van der Waals surface area (Å²) in [7, 11) is 0. The van der Waals surface area contributed by atoms with Crippen molar-refractivity contribution in [3.63, 3.8) is 0 Å². The van der Waals surface area contributed by atoms with Crippen molar-refractivity contribution in [2.75, 3.05) is 5.32 Å². The van der Waals surface area contributed by atoms with Crippen LogP contribution in [-0.4, -0.2) is 20.7 Å². The molecule has 0 aliphatic heterocycles. The minimum absolute atomic E-state index is 0.344. The van der Waals surface area contributed by atoms with E-state index in [0.29, 0.717) is 29.4 Å². The number of rotatable bonds is 5. The zero-order valence-electron chi connectivity index (χ0n) is 14.7. The second kappa shape index (κ2) is 7.86. The lowest BCUT2D eigenvalue weighted by Crippen LogP contribution is -2.17. The predicted molar refractivity (Wildman–Crippen MR) is 108 cm³/mol. The first kappa shape index (κ1) is 17.6. The van der Waals surface area contributed by atoms with Gasteiger partial charge in [0.1, 0.15) is 0 Å². The number of thiophene rings is 1. The molecule has 0 bridgehead atoms. The zero-order valence-corrected chi connectivity index (χ0v) is 15.6. The molecular formula is C21H15N5OS. The summed E-state index contributed by atoms with van der Waals surface area (Å²) in [5.74, 6) is 0.498. The fourth-order valence-corrected chi connectivity index (χ4v) is 3.35. The van der Waals surface area contributed by atoms with Crippen LogP contribution in [0.1, 0.15) is 21.5 Å². The maximum Gasteiger partial charge on any atom is 0.281 e. The number of nitrogens with zero attached hydrogens (tertiary/aromatic N) is 4. The lowest BCUT2D eigenvalue weighted by atomic mass is 10.1. The molecule has 28 heavy (non-hydrogen) atoms. The predicted octanol–water partition coefficient (Wildman–Crippen LogP) is 4.18. The van der Waals surface area contributed by atoms with Crippen LogP contribution in [0.15, 0.2) is 72.1 Å². The molecule has 2 aromatic carbocycles. The van der Waals surface area contributed by atoms with Crippen LogP contribution >= 0.6 is 11.3 Å². The van der Waals surface area contributed by atoms with Crippen molar-refractivity contribution in [1.29, 1.82) is 5.26 Å². The highest BCUT2D eigenvalue weighted by atomic mass is 32.1. The van der Waals surface area contributed by atoms with Crippen molar-refractivity contribution >= 4 is 23.2 Å². The van der Waals surface area contributed by atoms with E-state index in [1.165, 1.54) is 16.0 Å². The van der Waals surface area contributed by atoms with Crippen molar-refractivity contribution in [2.24, 2.45) is 0 Å². The van der Waals surface area contributed by atoms with E-state index in [1.807, 2.05) is 47.8 Å². The van der Waals surface area contributed by atoms with Gasteiger partial charge in [0.05, 0.1) is 16.5 Å². The van der Waals surface area contributed by atoms with Crippen molar-refractivity contribution in [3.05, 3.63) is 88.8 Å². The molecule has 2 aromatic heterocycles. The molecule has 0 saturated heterocycles. The summed E-state index contributed by atoms with van der Waals surface area (Å²) in [6, 6.07) is 22.3. The molecule has 0 radical (unpaired) electrons. The van der Waals surface area contributed by atoms with E-state index < -0.39 is 0 Å². The molecule has 0 saturated carbocycles. The Morgan fingerprint density at radius 3 is 2.71 bits per heavy atom. The topological polar surface area (TPSA) is 83.6 Å². The highest BCUT2D eigenvalue weighted by Crippen LogP contribution is 2.24. The van der Waals surface area contributed by atoms with Crippen LogP contribution in [0.5, 0.6) is 0 Å². The molecule has 0 fully saturated rings. The highest BCUT2D eigenvalue weighted by Gasteiger charge is 2.19. The Hall–Kier alpha value is -3.76. The summed E-state index contributed by atoms with van der Waals surface area (Å²) >= 11 is 1.51. The highest BCUT2D eigenvalue weighted by molar-refractivity contribution is 7.13. The lowest BCUT2D eigenvalue weighted by molar-refractivity contribution is 0.0947. The van der Waals surface area contributed by atoms with Crippen LogP contribution in [0.3, 0.4) is 0 Å². The second-order valence-corrected chi connectivity index (χ2v) is 6.93. The van der Waals surface area contributed by atoms with Crippen molar-refractivity contribution < 1.29 is 4.79 Å². The molecule has 7 heteroatoms. The number of benzene rings is 2. The molecule has 4 rings (SSSR count). The number of carbonyl (C=O) groups excluding carboxylic acids is 1. The van der Waals surface area contributed by atoms with E-state index in [-0.39, 0.29) is 5.91 Å². The van der Waals surface area contributed by atoms with Crippen LogP contribution in [-0.2, 0) is 6.54 Å². The quantitative estimate of drug-likeness (QED) is 0.557. The van der Waals surface area contributed by atoms with E-state index in [2.05, 4.69) is 21.5 Å². The van der Waals surface area contributed by atoms with Crippen LogP contribution in [0.2, 0.25) is 0 Å². The van der Waals surface area contributed by atoms with Gasteiger partial charge in [0.25, 0.3) is 5.91 Å². The largest absolute Gasteiger partial charge is 0.350 e. The Labute approximate surface area is 165 Å². The van der Waals surface area contributed by atoms with Crippen molar-refractivity contribution in [3.8, 4) is 16.8 Å². The first-order chi connectivity index (χ1) is 13.7. The van der Waals surface area contributed by atoms with Gasteiger partial charge < -0.3 is 5.32 Å². The Kier molecular flexibility index (Phi) is 4.95. The third-order valence-electron chi connectivity index (χ3n) is 4.07. The number of anilines is 1. The molecule has 1 N–H and O–H groups in total. The fourth-order valence-electron chi connectivity index (χ4n) is 2.70. The Morgan fingerprint density at radius 1 is 1.11 bits per heavy atom. The first-order valence-electron chi connectivity index (χ1n) is 8.58. The molecular weight excluding hydrogens is 370 g/mol. The number of nitriles is 1. The van der Waals surface area contributed by atoms with Gasteiger partial charge in [0.2, 0.25) is 5.95 Å². The first-order valence-corrected chi connectivity index (χ1v) is 9.46. The zero-order chi connectivity index (χ0) is 19.3. The molecule has 136 valence electrons. The van der Waals surface area contributed by atoms with Crippen LogP contribution in [0.4, 0.5) is 5.95 Å². The van der Waals surface area contributed by atoms with Crippen molar-refractivity contribution in [2.45, 2.75) is 6.54 Å². The SMILES string of the molecule is N#Cc1cccc(C(=O)n2nc(-c3cccs3)nc2NCc2ccccc2)c1. The number of carbonyl (C=O) groups is 1. The van der Waals surface area contributed by atoms with Crippen LogP contribution in [0.25, 0.3) is 10.7 Å². The summed E-state index contributed by atoms with van der Waals surface area (Å²) in [5.41, 5.74) is 1.86. The normalized spacial score (nSPS) is 10.4. The number of hydrogen-bond donors (Lipinski definition) is 1. The molecule has 0 aliphatic carbocycles. The van der Waals surface area contributed by atoms with Gasteiger partial charge in [-0.15, -0.1) is 16.4 Å². The van der Waals surface area contributed by atoms with E-state index >= 15 is 0 Å². The minimum Gasteiger partial charge on any atom is -0.350 e. The van der Waals surface area contributed by atoms with Gasteiger partial charge in [-0.05, 0) is 35.2 Å². The Bertz CT molecular complexity index is 1140. The van der Waals surface area contributed by atoms with Gasteiger partial charge in [0.15, 0.2) is 5.82 Å². The smallest absolute Gasteiger partial charge is 0.281 e. The maximum absolute atomic E-state index is 13.0. The Morgan fingerprint density at radius 2 is 1.96 bits per heavy atom. The summed E-state index contributed by atoms with van der Waals surface area (Å²) in [5, 5.41) is 18.7. The minimum atomic E-state index is -0.344. The standard InChI is InChI=1S/C21H15N5OS/c22-13-16-8-4-9-17(12-16)20(27)26-21(23-14-15-6-2-1-3-7-15)24-19(25-26)18-10-5-11-28-18/h1-12H,14H2,(H,23,24,25). The van der Waals surface area contributed by atoms with Crippen LogP contribution in [0, 0.1) is 11.3 Å². The average molecular weight is 385 g/mol. The van der Waals surface area contributed by atoms with Crippen LogP contribution < -0.4 is 5.32 Å². The molecule has 0 unspecified atom stereocenters. The van der Waals surface area contributed by atoms with E-state index in [0.717, 1.165) is 10.4 Å². The monoisotopic (exact) mass is 385 g/mol. The summed E-state index contributed by atoms with van der Waals surface area (Å²) in [6.07, 6.45) is 0. The summed E-state index contributed by atoms with van der Waals surface area (Å²) in [6.45, 7) is 0.509. The fraction of sp³-hybridized carbons (Fsp3) is 0.0476. The number of hydrogen-bond acceptors (Lipinski definition) is 6. The summed E-state index contributed by atoms with van der Waals surface area (Å²) in [4.78, 5) is 18.4. The summed E-state index contributed by atoms with van der Waals surface area (Å²) < 4.78 is 1.26. The Balaban J connectivity index is 1.69. The van der Waals surface area contributed by atoms with E-state index in [4.69, 9.17) is 5.26 Å². The van der Waals surface area contributed by atoms with Gasteiger partial charge >= 0.3 is 0 Å².